The number of rotatable bonds is 1. The summed E-state index contributed by atoms with van der Waals surface area (Å²) in [5.41, 5.74) is -1.12. The van der Waals surface area contributed by atoms with Crippen molar-refractivity contribution in [3.63, 3.8) is 0 Å². The van der Waals surface area contributed by atoms with Crippen molar-refractivity contribution >= 4 is 12.1 Å². The summed E-state index contributed by atoms with van der Waals surface area (Å²) < 4.78 is 12.1. The van der Waals surface area contributed by atoms with Gasteiger partial charge in [0.2, 0.25) is 0 Å². The molecule has 3 rings (SSSR count). The minimum absolute atomic E-state index is 0.263. The Kier molecular flexibility index (Phi) is 4.41. The number of carbonyl (C=O) groups is 2. The molecule has 1 unspecified atom stereocenters. The zero-order chi connectivity index (χ0) is 19.2. The number of likely N-dealkylation sites (tertiary alicyclic amines) is 1. The number of para-hydroxylation sites is 1. The normalized spacial score (nSPS) is 24.5. The molecule has 2 aliphatic rings. The average Bonchev–Trinajstić information content (AvgIpc) is 2.53. The number of piperidine rings is 1. The van der Waals surface area contributed by atoms with Gasteiger partial charge >= 0.3 is 12.1 Å². The smallest absolute Gasteiger partial charge is 0.407 e. The third-order valence-electron chi connectivity index (χ3n) is 5.28. The van der Waals surface area contributed by atoms with Crippen LogP contribution >= 0.6 is 0 Å². The van der Waals surface area contributed by atoms with E-state index in [0.29, 0.717) is 38.1 Å². The molecule has 0 radical (unpaired) electrons. The van der Waals surface area contributed by atoms with Crippen LogP contribution in [0.2, 0.25) is 0 Å². The Hall–Kier alpha value is -2.24. The van der Waals surface area contributed by atoms with Crippen molar-refractivity contribution in [2.75, 3.05) is 13.1 Å². The molecule has 0 aromatic heterocycles. The molecule has 1 amide bonds. The van der Waals surface area contributed by atoms with Gasteiger partial charge in [-0.1, -0.05) is 18.2 Å². The van der Waals surface area contributed by atoms with Crippen molar-refractivity contribution in [1.82, 2.24) is 4.90 Å². The highest BCUT2D eigenvalue weighted by atomic mass is 16.6. The second-order valence-electron chi connectivity index (χ2n) is 8.56. The Morgan fingerprint density at radius 1 is 1.19 bits per heavy atom. The fraction of sp³-hybridized carbons (Fsp3) is 0.600. The van der Waals surface area contributed by atoms with Crippen LogP contribution in [0.4, 0.5) is 4.79 Å². The highest BCUT2D eigenvalue weighted by Crippen LogP contribution is 2.49. The number of hydrogen-bond acceptors (Lipinski definition) is 4. The summed E-state index contributed by atoms with van der Waals surface area (Å²) in [4.78, 5) is 25.7. The highest BCUT2D eigenvalue weighted by molar-refractivity contribution is 5.84. The van der Waals surface area contributed by atoms with Gasteiger partial charge in [-0.25, -0.2) is 4.79 Å². The van der Waals surface area contributed by atoms with Gasteiger partial charge in [-0.2, -0.15) is 0 Å². The maximum atomic E-state index is 13.1. The number of carbonyl (C=O) groups excluding carboxylic acids is 1. The molecule has 6 nitrogen and oxygen atoms in total. The molecule has 6 heteroatoms. The summed E-state index contributed by atoms with van der Waals surface area (Å²) in [6.45, 7) is 8.30. The monoisotopic (exact) mass is 361 g/mol. The second kappa shape index (κ2) is 6.18. The molecular formula is C20H27NO5. The molecule has 1 atom stereocenters. The summed E-state index contributed by atoms with van der Waals surface area (Å²) >= 11 is 0. The molecule has 1 fully saturated rings. The summed E-state index contributed by atoms with van der Waals surface area (Å²) in [6, 6.07) is 7.58. The quantitative estimate of drug-likeness (QED) is 0.774. The molecule has 1 N–H and O–H groups in total. The number of fused-ring (bicyclic) bond motifs is 1. The Bertz CT molecular complexity index is 715. The van der Waals surface area contributed by atoms with E-state index < -0.39 is 22.7 Å². The van der Waals surface area contributed by atoms with Gasteiger partial charge in [0.05, 0.1) is 5.41 Å². The van der Waals surface area contributed by atoms with Gasteiger partial charge in [0.25, 0.3) is 0 Å². The zero-order valence-corrected chi connectivity index (χ0v) is 15.9. The molecule has 1 aromatic carbocycles. The first-order chi connectivity index (χ1) is 12.0. The Morgan fingerprint density at radius 2 is 1.81 bits per heavy atom. The standard InChI is InChI=1S/C20H27NO5/c1-18(2,3)26-16(22)19(4)13-20(9-11-21(12-10-20)17(23)24)25-15-8-6-5-7-14(15)19/h5-8H,9-13H2,1-4H3,(H,23,24). The van der Waals surface area contributed by atoms with Gasteiger partial charge in [-0.15, -0.1) is 0 Å². The zero-order valence-electron chi connectivity index (χ0n) is 15.9. The van der Waals surface area contributed by atoms with Gasteiger partial charge < -0.3 is 19.5 Å². The Balaban J connectivity index is 1.94. The lowest BCUT2D eigenvalue weighted by Crippen LogP contribution is -2.56. The van der Waals surface area contributed by atoms with Gasteiger partial charge in [-0.05, 0) is 33.8 Å². The first kappa shape index (κ1) is 18.5. The van der Waals surface area contributed by atoms with Gasteiger partial charge in [0.1, 0.15) is 17.0 Å². The first-order valence-corrected chi connectivity index (χ1v) is 9.05. The number of ether oxygens (including phenoxy) is 2. The molecule has 1 saturated heterocycles. The largest absolute Gasteiger partial charge is 0.487 e. The number of nitrogens with zero attached hydrogens (tertiary/aromatic N) is 1. The fourth-order valence-corrected chi connectivity index (χ4v) is 3.98. The van der Waals surface area contributed by atoms with Crippen LogP contribution in [0.5, 0.6) is 5.75 Å². The molecule has 1 spiro atoms. The lowest BCUT2D eigenvalue weighted by atomic mass is 9.68. The van der Waals surface area contributed by atoms with E-state index in [1.54, 1.807) is 0 Å². The van der Waals surface area contributed by atoms with Crippen molar-refractivity contribution in [3.05, 3.63) is 29.8 Å². The van der Waals surface area contributed by atoms with Crippen molar-refractivity contribution < 1.29 is 24.2 Å². The van der Waals surface area contributed by atoms with Crippen molar-refractivity contribution in [3.8, 4) is 5.75 Å². The van der Waals surface area contributed by atoms with E-state index in [1.165, 1.54) is 4.90 Å². The highest BCUT2D eigenvalue weighted by Gasteiger charge is 2.53. The number of amides is 1. The van der Waals surface area contributed by atoms with E-state index in [1.807, 2.05) is 52.0 Å². The van der Waals surface area contributed by atoms with Crippen LogP contribution in [0.25, 0.3) is 0 Å². The minimum atomic E-state index is -0.911. The van der Waals surface area contributed by atoms with E-state index in [4.69, 9.17) is 9.47 Å². The lowest BCUT2D eigenvalue weighted by molar-refractivity contribution is -0.166. The number of carboxylic acid groups (broad SMARTS) is 1. The molecule has 26 heavy (non-hydrogen) atoms. The van der Waals surface area contributed by atoms with Crippen molar-refractivity contribution in [2.45, 2.75) is 63.6 Å². The van der Waals surface area contributed by atoms with Crippen LogP contribution in [0, 0.1) is 0 Å². The SMILES string of the molecule is CC(C)(C)OC(=O)C1(C)CC2(CCN(C(=O)O)CC2)Oc2ccccc21. The van der Waals surface area contributed by atoms with E-state index in [9.17, 15) is 14.7 Å². The maximum Gasteiger partial charge on any atom is 0.407 e. The van der Waals surface area contributed by atoms with Gasteiger partial charge in [0.15, 0.2) is 0 Å². The topological polar surface area (TPSA) is 76.1 Å². The van der Waals surface area contributed by atoms with Crippen molar-refractivity contribution in [1.29, 1.82) is 0 Å². The van der Waals surface area contributed by atoms with Crippen LogP contribution in [0.15, 0.2) is 24.3 Å². The Labute approximate surface area is 154 Å². The van der Waals surface area contributed by atoms with Crippen LogP contribution in [-0.2, 0) is 14.9 Å². The second-order valence-corrected chi connectivity index (χ2v) is 8.56. The summed E-state index contributed by atoms with van der Waals surface area (Å²) in [6.07, 6.45) is 0.697. The van der Waals surface area contributed by atoms with E-state index in [0.717, 1.165) is 5.56 Å². The maximum absolute atomic E-state index is 13.1. The average molecular weight is 361 g/mol. The molecule has 1 aromatic rings. The molecule has 0 aliphatic carbocycles. The van der Waals surface area contributed by atoms with E-state index >= 15 is 0 Å². The number of hydrogen-bond donors (Lipinski definition) is 1. The lowest BCUT2D eigenvalue weighted by Gasteiger charge is -2.49. The van der Waals surface area contributed by atoms with Crippen LogP contribution < -0.4 is 4.74 Å². The summed E-state index contributed by atoms with van der Waals surface area (Å²) in [5, 5.41) is 9.21. The predicted molar refractivity (Wildman–Crippen MR) is 96.4 cm³/mol. The molecule has 2 aliphatic heterocycles. The Morgan fingerprint density at radius 3 is 2.38 bits per heavy atom. The molecule has 0 saturated carbocycles. The minimum Gasteiger partial charge on any atom is -0.487 e. The van der Waals surface area contributed by atoms with E-state index in [2.05, 4.69) is 0 Å². The first-order valence-electron chi connectivity index (χ1n) is 9.05. The predicted octanol–water partition coefficient (Wildman–Crippen LogP) is 3.58. The summed E-state index contributed by atoms with van der Waals surface area (Å²) in [7, 11) is 0. The van der Waals surface area contributed by atoms with Crippen LogP contribution in [0.1, 0.15) is 52.5 Å². The van der Waals surface area contributed by atoms with Crippen LogP contribution in [-0.4, -0.2) is 46.4 Å². The third-order valence-corrected chi connectivity index (χ3v) is 5.28. The third kappa shape index (κ3) is 3.37. The number of benzene rings is 1. The molecular weight excluding hydrogens is 334 g/mol. The van der Waals surface area contributed by atoms with Gasteiger partial charge in [-0.3, -0.25) is 4.79 Å². The number of esters is 1. The summed E-state index contributed by atoms with van der Waals surface area (Å²) in [5.74, 6) is 0.427. The fourth-order valence-electron chi connectivity index (χ4n) is 3.98. The van der Waals surface area contributed by atoms with Crippen LogP contribution in [0.3, 0.4) is 0 Å². The van der Waals surface area contributed by atoms with Gasteiger partial charge in [0, 0.05) is 37.9 Å². The molecule has 0 bridgehead atoms. The van der Waals surface area contributed by atoms with E-state index in [-0.39, 0.29) is 5.97 Å². The molecule has 2 heterocycles. The molecule has 142 valence electrons. The van der Waals surface area contributed by atoms with Crippen molar-refractivity contribution in [2.24, 2.45) is 0 Å².